The first-order valence-corrected chi connectivity index (χ1v) is 9.47. The molecule has 4 rings (SSSR count). The van der Waals surface area contributed by atoms with Crippen molar-refractivity contribution in [3.63, 3.8) is 0 Å². The van der Waals surface area contributed by atoms with Crippen molar-refractivity contribution in [2.24, 2.45) is 0 Å². The molecule has 0 unspecified atom stereocenters. The normalized spacial score (nSPS) is 11.1. The van der Waals surface area contributed by atoms with E-state index in [-0.39, 0.29) is 5.91 Å². The lowest BCUT2D eigenvalue weighted by molar-refractivity contribution is -0.116. The third kappa shape index (κ3) is 3.56. The number of amides is 1. The molecule has 0 spiro atoms. The van der Waals surface area contributed by atoms with Crippen LogP contribution in [0.15, 0.2) is 66.9 Å². The number of aryl methyl sites for hydroxylation is 2. The lowest BCUT2D eigenvalue weighted by Gasteiger charge is -2.07. The first-order chi connectivity index (χ1) is 13.3. The number of nitrogens with zero attached hydrogens (tertiary/aromatic N) is 2. The van der Waals surface area contributed by atoms with Gasteiger partial charge in [-0.3, -0.25) is 9.78 Å². The number of aromatic nitrogens is 2. The van der Waals surface area contributed by atoms with Gasteiger partial charge in [0.25, 0.3) is 0 Å². The molecule has 0 aliphatic carbocycles. The maximum Gasteiger partial charge on any atom is 0.224 e. The van der Waals surface area contributed by atoms with Gasteiger partial charge in [-0.05, 0) is 56.2 Å². The summed E-state index contributed by atoms with van der Waals surface area (Å²) in [6, 6.07) is 20.5. The Kier molecular flexibility index (Phi) is 4.88. The van der Waals surface area contributed by atoms with E-state index < -0.39 is 0 Å². The van der Waals surface area contributed by atoms with Crippen molar-refractivity contribution in [3.05, 3.63) is 72.6 Å². The fraction of sp³-hybridized carbons (Fsp3) is 0.217. The number of carbonyl (C=O) groups excluding carboxylic acids is 1. The molecule has 4 nitrogen and oxygen atoms in total. The Balaban J connectivity index is 1.49. The molecular weight excluding hydrogens is 334 g/mol. The number of carbonyl (C=O) groups is 1. The first kappa shape index (κ1) is 17.3. The summed E-state index contributed by atoms with van der Waals surface area (Å²) < 4.78 is 2.31. The summed E-state index contributed by atoms with van der Waals surface area (Å²) in [6.45, 7) is 3.08. The lowest BCUT2D eigenvalue weighted by Crippen LogP contribution is -2.11. The smallest absolute Gasteiger partial charge is 0.224 e. The average Bonchev–Trinajstić information content (AvgIpc) is 3.02. The van der Waals surface area contributed by atoms with Gasteiger partial charge in [-0.1, -0.05) is 24.3 Å². The molecule has 0 aliphatic heterocycles. The van der Waals surface area contributed by atoms with Gasteiger partial charge in [-0.25, -0.2) is 0 Å². The van der Waals surface area contributed by atoms with Crippen LogP contribution in [-0.2, 0) is 17.8 Å². The Labute approximate surface area is 158 Å². The van der Waals surface area contributed by atoms with E-state index in [1.165, 1.54) is 21.8 Å². The topological polar surface area (TPSA) is 46.9 Å². The number of hydrogen-bond donors (Lipinski definition) is 1. The van der Waals surface area contributed by atoms with Gasteiger partial charge in [-0.2, -0.15) is 0 Å². The third-order valence-corrected chi connectivity index (χ3v) is 4.94. The van der Waals surface area contributed by atoms with Gasteiger partial charge in [0, 0.05) is 52.3 Å². The Bertz CT molecular complexity index is 1080. The summed E-state index contributed by atoms with van der Waals surface area (Å²) in [5, 5.41) is 5.45. The molecule has 136 valence electrons. The third-order valence-electron chi connectivity index (χ3n) is 4.94. The number of pyridine rings is 1. The second-order valence-corrected chi connectivity index (χ2v) is 6.72. The van der Waals surface area contributed by atoms with Gasteiger partial charge in [-0.15, -0.1) is 0 Å². The van der Waals surface area contributed by atoms with Crippen LogP contribution in [0.4, 0.5) is 5.69 Å². The fourth-order valence-electron chi connectivity index (χ4n) is 3.67. The van der Waals surface area contributed by atoms with Crippen LogP contribution in [0.5, 0.6) is 0 Å². The van der Waals surface area contributed by atoms with Gasteiger partial charge in [0.05, 0.1) is 0 Å². The highest BCUT2D eigenvalue weighted by atomic mass is 16.1. The van der Waals surface area contributed by atoms with Crippen molar-refractivity contribution >= 4 is 33.4 Å². The van der Waals surface area contributed by atoms with Crippen molar-refractivity contribution in [2.45, 2.75) is 32.7 Å². The van der Waals surface area contributed by atoms with E-state index in [0.29, 0.717) is 6.42 Å². The molecule has 0 saturated heterocycles. The molecule has 0 bridgehead atoms. The van der Waals surface area contributed by atoms with Crippen LogP contribution in [0, 0.1) is 0 Å². The van der Waals surface area contributed by atoms with Crippen LogP contribution in [0.3, 0.4) is 0 Å². The number of fused-ring (bicyclic) bond motifs is 3. The predicted molar refractivity (Wildman–Crippen MR) is 111 cm³/mol. The summed E-state index contributed by atoms with van der Waals surface area (Å²) in [7, 11) is 0. The first-order valence-electron chi connectivity index (χ1n) is 9.47. The van der Waals surface area contributed by atoms with Gasteiger partial charge < -0.3 is 9.88 Å². The zero-order valence-corrected chi connectivity index (χ0v) is 15.5. The molecule has 0 radical (unpaired) electrons. The number of hydrogen-bond acceptors (Lipinski definition) is 2. The number of para-hydroxylation sites is 1. The summed E-state index contributed by atoms with van der Waals surface area (Å²) in [6.07, 6.45) is 3.89. The molecule has 0 fully saturated rings. The predicted octanol–water partition coefficient (Wildman–Crippen LogP) is 5.17. The number of nitrogens with one attached hydrogen (secondary N) is 1. The van der Waals surface area contributed by atoms with E-state index in [9.17, 15) is 4.79 Å². The maximum absolute atomic E-state index is 12.3. The van der Waals surface area contributed by atoms with E-state index >= 15 is 0 Å². The van der Waals surface area contributed by atoms with Crippen molar-refractivity contribution in [3.8, 4) is 0 Å². The minimum Gasteiger partial charge on any atom is -0.341 e. The Morgan fingerprint density at radius 1 is 1.00 bits per heavy atom. The van der Waals surface area contributed by atoms with E-state index in [1.54, 1.807) is 6.20 Å². The van der Waals surface area contributed by atoms with Crippen LogP contribution in [-0.4, -0.2) is 15.5 Å². The molecule has 1 N–H and O–H groups in total. The van der Waals surface area contributed by atoms with Crippen LogP contribution in [0.25, 0.3) is 21.8 Å². The Hall–Kier alpha value is -3.14. The molecule has 2 aromatic heterocycles. The molecular formula is C23H23N3O. The number of anilines is 1. The van der Waals surface area contributed by atoms with E-state index in [0.717, 1.165) is 30.8 Å². The minimum atomic E-state index is 0.0458. The number of benzene rings is 2. The second kappa shape index (κ2) is 7.62. The van der Waals surface area contributed by atoms with Crippen LogP contribution < -0.4 is 5.32 Å². The SMILES string of the molecule is CCn1c2ccccc2c2cc(NC(=O)CCCc3ccccn3)ccc21. The van der Waals surface area contributed by atoms with Gasteiger partial charge in [0.1, 0.15) is 0 Å². The highest BCUT2D eigenvalue weighted by Gasteiger charge is 2.10. The van der Waals surface area contributed by atoms with E-state index in [4.69, 9.17) is 0 Å². The van der Waals surface area contributed by atoms with Crippen LogP contribution in [0.1, 0.15) is 25.5 Å². The standard InChI is InChI=1S/C23H23N3O/c1-2-26-21-11-4-3-10-19(21)20-16-18(13-14-22(20)26)25-23(27)12-7-9-17-8-5-6-15-24-17/h3-6,8,10-11,13-16H,2,7,9,12H2,1H3,(H,25,27). The molecule has 0 saturated carbocycles. The zero-order chi connectivity index (χ0) is 18.6. The van der Waals surface area contributed by atoms with Crippen LogP contribution >= 0.6 is 0 Å². The second-order valence-electron chi connectivity index (χ2n) is 6.72. The van der Waals surface area contributed by atoms with Gasteiger partial charge in [0.2, 0.25) is 5.91 Å². The van der Waals surface area contributed by atoms with Crippen molar-refractivity contribution in [1.82, 2.24) is 9.55 Å². The van der Waals surface area contributed by atoms with E-state index in [1.807, 2.05) is 24.3 Å². The molecule has 27 heavy (non-hydrogen) atoms. The Morgan fingerprint density at radius 3 is 2.63 bits per heavy atom. The molecule has 4 heteroatoms. The molecule has 2 aromatic carbocycles. The summed E-state index contributed by atoms with van der Waals surface area (Å²) >= 11 is 0. The number of rotatable bonds is 6. The highest BCUT2D eigenvalue weighted by molar-refractivity contribution is 6.09. The summed E-state index contributed by atoms with van der Waals surface area (Å²) in [5.74, 6) is 0.0458. The summed E-state index contributed by atoms with van der Waals surface area (Å²) in [4.78, 5) is 16.6. The average molecular weight is 357 g/mol. The largest absolute Gasteiger partial charge is 0.341 e. The van der Waals surface area contributed by atoms with Crippen LogP contribution in [0.2, 0.25) is 0 Å². The lowest BCUT2D eigenvalue weighted by atomic mass is 10.1. The van der Waals surface area contributed by atoms with Crippen molar-refractivity contribution < 1.29 is 4.79 Å². The van der Waals surface area contributed by atoms with Gasteiger partial charge in [0.15, 0.2) is 0 Å². The molecule has 2 heterocycles. The maximum atomic E-state index is 12.3. The summed E-state index contributed by atoms with van der Waals surface area (Å²) in [5.41, 5.74) is 4.31. The highest BCUT2D eigenvalue weighted by Crippen LogP contribution is 2.31. The molecule has 0 atom stereocenters. The van der Waals surface area contributed by atoms with E-state index in [2.05, 4.69) is 58.2 Å². The van der Waals surface area contributed by atoms with Crippen molar-refractivity contribution in [1.29, 1.82) is 0 Å². The minimum absolute atomic E-state index is 0.0458. The fourth-order valence-corrected chi connectivity index (χ4v) is 3.67. The zero-order valence-electron chi connectivity index (χ0n) is 15.5. The molecule has 4 aromatic rings. The monoisotopic (exact) mass is 357 g/mol. The quantitative estimate of drug-likeness (QED) is 0.517. The molecule has 1 amide bonds. The van der Waals surface area contributed by atoms with Crippen molar-refractivity contribution in [2.75, 3.05) is 5.32 Å². The molecule has 0 aliphatic rings. The Morgan fingerprint density at radius 2 is 1.81 bits per heavy atom. The van der Waals surface area contributed by atoms with Gasteiger partial charge >= 0.3 is 0 Å².